The Bertz CT molecular complexity index is 821. The lowest BCUT2D eigenvalue weighted by atomic mass is 10.2. The smallest absolute Gasteiger partial charge is 0.342 e. The lowest BCUT2D eigenvalue weighted by molar-refractivity contribution is -0.137. The average Bonchev–Trinajstić information content (AvgIpc) is 3.39. The summed E-state index contributed by atoms with van der Waals surface area (Å²) in [5.74, 6) is -0.349. The molecule has 26 heavy (non-hydrogen) atoms. The summed E-state index contributed by atoms with van der Waals surface area (Å²) in [6.07, 6.45) is -2.69. The zero-order valence-electron chi connectivity index (χ0n) is 13.5. The Morgan fingerprint density at radius 2 is 1.88 bits per heavy atom. The topological polar surface area (TPSA) is 15.3 Å². The van der Waals surface area contributed by atoms with E-state index in [0.717, 1.165) is 25.0 Å². The van der Waals surface area contributed by atoms with Crippen LogP contribution >= 0.6 is 23.8 Å². The Kier molecular flexibility index (Phi) is 5.39. The molecule has 0 heterocycles. The summed E-state index contributed by atoms with van der Waals surface area (Å²) in [5, 5.41) is 3.13. The third-order valence-corrected chi connectivity index (χ3v) is 4.75. The lowest BCUT2D eigenvalue weighted by Crippen LogP contribution is -2.36. The van der Waals surface area contributed by atoms with Gasteiger partial charge in [-0.25, -0.2) is 4.39 Å². The summed E-state index contributed by atoms with van der Waals surface area (Å²) in [6, 6.07) is 9.48. The quantitative estimate of drug-likeness (QED) is 0.509. The number of nitrogens with one attached hydrogen (secondary N) is 1. The fourth-order valence-electron chi connectivity index (χ4n) is 2.55. The van der Waals surface area contributed by atoms with Gasteiger partial charge in [0.05, 0.1) is 16.3 Å². The summed E-state index contributed by atoms with van der Waals surface area (Å²) in [7, 11) is 0. The molecule has 2 nitrogen and oxygen atoms in total. The van der Waals surface area contributed by atoms with Gasteiger partial charge in [0.2, 0.25) is 0 Å². The molecular formula is C18H15ClF4N2S. The van der Waals surface area contributed by atoms with Gasteiger partial charge < -0.3 is 10.2 Å². The maximum Gasteiger partial charge on any atom is 0.416 e. The predicted octanol–water partition coefficient (Wildman–Crippen LogP) is 5.86. The molecule has 3 rings (SSSR count). The molecule has 138 valence electrons. The summed E-state index contributed by atoms with van der Waals surface area (Å²) in [5.41, 5.74) is -0.274. The minimum Gasteiger partial charge on any atom is -0.342 e. The number of anilines is 1. The van der Waals surface area contributed by atoms with Gasteiger partial charge in [-0.3, -0.25) is 0 Å². The highest BCUT2D eigenvalue weighted by Gasteiger charge is 2.33. The van der Waals surface area contributed by atoms with E-state index >= 15 is 0 Å². The standard InChI is InChI=1S/C18H15ClF4N2S/c19-14-8-5-12(18(21,22)23)9-16(14)24-17(26)25(13-6-7-13)10-11-3-1-2-4-15(11)20/h1-5,8-9,13H,6-7,10H2,(H,24,26). The van der Waals surface area contributed by atoms with Crippen molar-refractivity contribution in [3.63, 3.8) is 0 Å². The van der Waals surface area contributed by atoms with Crippen molar-refractivity contribution in [3.8, 4) is 0 Å². The molecule has 0 aliphatic heterocycles. The van der Waals surface area contributed by atoms with Crippen molar-refractivity contribution in [3.05, 3.63) is 64.4 Å². The molecule has 0 unspecified atom stereocenters. The monoisotopic (exact) mass is 402 g/mol. The van der Waals surface area contributed by atoms with Gasteiger partial charge in [-0.15, -0.1) is 0 Å². The van der Waals surface area contributed by atoms with E-state index in [9.17, 15) is 17.6 Å². The number of alkyl halides is 3. The van der Waals surface area contributed by atoms with Crippen molar-refractivity contribution in [2.45, 2.75) is 31.6 Å². The van der Waals surface area contributed by atoms with E-state index in [1.807, 2.05) is 0 Å². The number of hydrogen-bond donors (Lipinski definition) is 1. The minimum absolute atomic E-state index is 0.0747. The largest absolute Gasteiger partial charge is 0.416 e. The zero-order valence-corrected chi connectivity index (χ0v) is 15.1. The molecule has 1 fully saturated rings. The van der Waals surface area contributed by atoms with Gasteiger partial charge in [0.1, 0.15) is 5.82 Å². The maximum absolute atomic E-state index is 13.9. The first-order valence-electron chi connectivity index (χ1n) is 7.93. The van der Waals surface area contributed by atoms with E-state index in [-0.39, 0.29) is 34.2 Å². The molecule has 0 bridgehead atoms. The van der Waals surface area contributed by atoms with Crippen molar-refractivity contribution >= 4 is 34.6 Å². The van der Waals surface area contributed by atoms with Crippen LogP contribution in [0.2, 0.25) is 5.02 Å². The fraction of sp³-hybridized carbons (Fsp3) is 0.278. The van der Waals surface area contributed by atoms with Gasteiger partial charge in [0.15, 0.2) is 5.11 Å². The number of benzene rings is 2. The molecule has 1 saturated carbocycles. The predicted molar refractivity (Wildman–Crippen MR) is 97.6 cm³/mol. The van der Waals surface area contributed by atoms with Crippen molar-refractivity contribution in [2.24, 2.45) is 0 Å². The zero-order chi connectivity index (χ0) is 18.9. The number of halogens is 5. The molecule has 0 radical (unpaired) electrons. The minimum atomic E-state index is -4.48. The molecule has 1 aliphatic carbocycles. The van der Waals surface area contributed by atoms with E-state index < -0.39 is 11.7 Å². The van der Waals surface area contributed by atoms with Crippen LogP contribution in [0.3, 0.4) is 0 Å². The van der Waals surface area contributed by atoms with E-state index in [4.69, 9.17) is 23.8 Å². The van der Waals surface area contributed by atoms with Gasteiger partial charge in [-0.05, 0) is 49.3 Å². The molecule has 1 N–H and O–H groups in total. The number of rotatable bonds is 4. The van der Waals surface area contributed by atoms with E-state index in [1.54, 1.807) is 23.1 Å². The molecular weight excluding hydrogens is 388 g/mol. The Morgan fingerprint density at radius 1 is 1.19 bits per heavy atom. The molecule has 2 aromatic rings. The molecule has 0 aromatic heterocycles. The van der Waals surface area contributed by atoms with Crippen molar-refractivity contribution in [1.29, 1.82) is 0 Å². The van der Waals surface area contributed by atoms with Crippen molar-refractivity contribution in [1.82, 2.24) is 4.90 Å². The normalized spacial score (nSPS) is 14.2. The first-order valence-corrected chi connectivity index (χ1v) is 8.72. The van der Waals surface area contributed by atoms with Crippen LogP contribution in [0, 0.1) is 5.82 Å². The van der Waals surface area contributed by atoms with Crippen LogP contribution in [0.25, 0.3) is 0 Å². The first-order chi connectivity index (χ1) is 12.3. The van der Waals surface area contributed by atoms with Gasteiger partial charge in [0, 0.05) is 18.2 Å². The van der Waals surface area contributed by atoms with Crippen molar-refractivity contribution in [2.75, 3.05) is 5.32 Å². The van der Waals surface area contributed by atoms with Gasteiger partial charge >= 0.3 is 6.18 Å². The van der Waals surface area contributed by atoms with E-state index in [1.165, 1.54) is 12.1 Å². The molecule has 1 aliphatic rings. The van der Waals surface area contributed by atoms with E-state index in [0.29, 0.717) is 5.56 Å². The molecule has 0 atom stereocenters. The molecule has 0 saturated heterocycles. The molecule has 8 heteroatoms. The van der Waals surface area contributed by atoms with E-state index in [2.05, 4.69) is 5.32 Å². The van der Waals surface area contributed by atoms with Crippen LogP contribution in [0.15, 0.2) is 42.5 Å². The third-order valence-electron chi connectivity index (χ3n) is 4.08. The van der Waals surface area contributed by atoms with Gasteiger partial charge in [-0.2, -0.15) is 13.2 Å². The average molecular weight is 403 g/mol. The highest BCUT2D eigenvalue weighted by molar-refractivity contribution is 7.80. The second-order valence-electron chi connectivity index (χ2n) is 6.07. The van der Waals surface area contributed by atoms with Gasteiger partial charge in [0.25, 0.3) is 0 Å². The van der Waals surface area contributed by atoms with Crippen LogP contribution in [-0.2, 0) is 12.7 Å². The summed E-state index contributed by atoms with van der Waals surface area (Å²) in [4.78, 5) is 1.78. The molecule has 0 spiro atoms. The lowest BCUT2D eigenvalue weighted by Gasteiger charge is -2.26. The SMILES string of the molecule is Fc1ccccc1CN(C(=S)Nc1cc(C(F)(F)F)ccc1Cl)C1CC1. The van der Waals surface area contributed by atoms with Crippen LogP contribution < -0.4 is 5.32 Å². The Balaban J connectivity index is 1.80. The Morgan fingerprint density at radius 3 is 2.50 bits per heavy atom. The highest BCUT2D eigenvalue weighted by atomic mass is 35.5. The van der Waals surface area contributed by atoms with Crippen LogP contribution in [0.5, 0.6) is 0 Å². The highest BCUT2D eigenvalue weighted by Crippen LogP contribution is 2.35. The van der Waals surface area contributed by atoms with Crippen LogP contribution in [-0.4, -0.2) is 16.1 Å². The summed E-state index contributed by atoms with van der Waals surface area (Å²) < 4.78 is 52.7. The van der Waals surface area contributed by atoms with Gasteiger partial charge in [-0.1, -0.05) is 29.8 Å². The molecule has 2 aromatic carbocycles. The van der Waals surface area contributed by atoms with Crippen LogP contribution in [0.4, 0.5) is 23.2 Å². The summed E-state index contributed by atoms with van der Waals surface area (Å²) in [6.45, 7) is 0.236. The van der Waals surface area contributed by atoms with Crippen molar-refractivity contribution < 1.29 is 17.6 Å². The first kappa shape index (κ1) is 18.9. The van der Waals surface area contributed by atoms with Crippen LogP contribution in [0.1, 0.15) is 24.0 Å². The fourth-order valence-corrected chi connectivity index (χ4v) is 3.04. The Labute approximate surface area is 158 Å². The third kappa shape index (κ3) is 4.45. The number of thiocarbonyl (C=S) groups is 1. The number of hydrogen-bond acceptors (Lipinski definition) is 1. The second kappa shape index (κ2) is 7.40. The maximum atomic E-state index is 13.9. The summed E-state index contributed by atoms with van der Waals surface area (Å²) >= 11 is 11.4. The Hall–Kier alpha value is -1.86. The number of nitrogens with zero attached hydrogens (tertiary/aromatic N) is 1. The second-order valence-corrected chi connectivity index (χ2v) is 6.87. The molecule has 0 amide bonds.